The Bertz CT molecular complexity index is 67.5. The van der Waals surface area contributed by atoms with Crippen LogP contribution >= 0.6 is 24.8 Å². The third-order valence-corrected chi connectivity index (χ3v) is 1.23. The summed E-state index contributed by atoms with van der Waals surface area (Å²) in [7, 11) is 2.11. The summed E-state index contributed by atoms with van der Waals surface area (Å²) in [5.41, 5.74) is 0. The van der Waals surface area contributed by atoms with Crippen molar-refractivity contribution in [3.63, 3.8) is 0 Å². The van der Waals surface area contributed by atoms with Crippen molar-refractivity contribution in [3.05, 3.63) is 13.2 Å². The molecule has 0 bridgehead atoms. The molecule has 0 unspecified atom stereocenters. The van der Waals surface area contributed by atoms with Crippen molar-refractivity contribution >= 4 is 24.8 Å². The lowest BCUT2D eigenvalue weighted by Crippen LogP contribution is -2.32. The minimum absolute atomic E-state index is 0. The van der Waals surface area contributed by atoms with E-state index in [1.165, 1.54) is 0 Å². The van der Waals surface area contributed by atoms with Crippen LogP contribution in [0.3, 0.4) is 0 Å². The molecule has 0 radical (unpaired) electrons. The normalized spacial score (nSPS) is 16.5. The van der Waals surface area contributed by atoms with Gasteiger partial charge in [0.2, 0.25) is 0 Å². The molecule has 2 nitrogen and oxygen atoms in total. The Morgan fingerprint density at radius 2 is 1.45 bits per heavy atom. The zero-order valence-electron chi connectivity index (χ0n) is 6.91. The summed E-state index contributed by atoms with van der Waals surface area (Å²) in [5, 5.41) is 0. The maximum absolute atomic E-state index is 5.10. The molecule has 4 heteroatoms. The highest BCUT2D eigenvalue weighted by atomic mass is 35.5. The molecule has 0 aromatic rings. The number of rotatable bonds is 0. The lowest BCUT2D eigenvalue weighted by molar-refractivity contribution is 0.0503. The number of hydrogen-bond acceptors (Lipinski definition) is 2. The number of nitrogens with zero attached hydrogens (tertiary/aromatic N) is 1. The molecule has 1 heterocycles. The monoisotopic (exact) mass is 201 g/mol. The Labute approximate surface area is 81.4 Å². The van der Waals surface area contributed by atoms with Gasteiger partial charge >= 0.3 is 0 Å². The van der Waals surface area contributed by atoms with Crippen molar-refractivity contribution in [2.75, 3.05) is 33.4 Å². The van der Waals surface area contributed by atoms with Crippen molar-refractivity contribution in [3.8, 4) is 0 Å². The third kappa shape index (κ3) is 10.2. The summed E-state index contributed by atoms with van der Waals surface area (Å²) < 4.78 is 5.10. The highest BCUT2D eigenvalue weighted by Crippen LogP contribution is 1.89. The summed E-state index contributed by atoms with van der Waals surface area (Å²) in [6.07, 6.45) is 0. The van der Waals surface area contributed by atoms with Gasteiger partial charge in [0.05, 0.1) is 13.2 Å². The Kier molecular flexibility index (Phi) is 20.3. The summed E-state index contributed by atoms with van der Waals surface area (Å²) in [6, 6.07) is 0. The first-order valence-corrected chi connectivity index (χ1v) is 3.16. The minimum atomic E-state index is 0. The van der Waals surface area contributed by atoms with Crippen LogP contribution in [0, 0.1) is 0 Å². The summed E-state index contributed by atoms with van der Waals surface area (Å²) in [6.45, 7) is 10.0. The SMILES string of the molecule is C=C.CN1CCOCC1.Cl.Cl. The number of ether oxygens (including phenoxy) is 1. The highest BCUT2D eigenvalue weighted by Gasteiger charge is 2.02. The first-order valence-electron chi connectivity index (χ1n) is 3.16. The highest BCUT2D eigenvalue weighted by molar-refractivity contribution is 5.85. The third-order valence-electron chi connectivity index (χ3n) is 1.23. The van der Waals surface area contributed by atoms with E-state index < -0.39 is 0 Å². The molecule has 1 saturated heterocycles. The van der Waals surface area contributed by atoms with Crippen molar-refractivity contribution in [2.24, 2.45) is 0 Å². The van der Waals surface area contributed by atoms with Gasteiger partial charge in [0.25, 0.3) is 0 Å². The van der Waals surface area contributed by atoms with E-state index in [4.69, 9.17) is 4.74 Å². The quantitative estimate of drug-likeness (QED) is 0.553. The van der Waals surface area contributed by atoms with Crippen LogP contribution in [0.5, 0.6) is 0 Å². The van der Waals surface area contributed by atoms with E-state index in [0.717, 1.165) is 26.3 Å². The minimum Gasteiger partial charge on any atom is -0.379 e. The smallest absolute Gasteiger partial charge is 0.0594 e. The van der Waals surface area contributed by atoms with Gasteiger partial charge in [-0.3, -0.25) is 0 Å². The largest absolute Gasteiger partial charge is 0.379 e. The van der Waals surface area contributed by atoms with Crippen LogP contribution < -0.4 is 0 Å². The van der Waals surface area contributed by atoms with Crippen LogP contribution in [0.15, 0.2) is 13.2 Å². The predicted molar refractivity (Wildman–Crippen MR) is 54.1 cm³/mol. The number of halogens is 2. The fourth-order valence-corrected chi connectivity index (χ4v) is 0.655. The second-order valence-electron chi connectivity index (χ2n) is 1.92. The van der Waals surface area contributed by atoms with Gasteiger partial charge in [-0.2, -0.15) is 0 Å². The van der Waals surface area contributed by atoms with Crippen LogP contribution in [0.1, 0.15) is 0 Å². The molecule has 0 saturated carbocycles. The molecule has 1 aliphatic rings. The molecule has 70 valence electrons. The van der Waals surface area contributed by atoms with Gasteiger partial charge in [-0.1, -0.05) is 0 Å². The predicted octanol–water partition coefficient (Wildman–Crippen LogP) is 1.59. The summed E-state index contributed by atoms with van der Waals surface area (Å²) in [5.74, 6) is 0. The molecule has 0 amide bonds. The van der Waals surface area contributed by atoms with Crippen molar-refractivity contribution in [1.29, 1.82) is 0 Å². The van der Waals surface area contributed by atoms with Crippen LogP contribution in [-0.4, -0.2) is 38.3 Å². The Balaban J connectivity index is -0.000000149. The van der Waals surface area contributed by atoms with E-state index in [0.29, 0.717) is 0 Å². The molecular formula is C7H17Cl2NO. The Morgan fingerprint density at radius 3 is 1.64 bits per heavy atom. The maximum Gasteiger partial charge on any atom is 0.0594 e. The summed E-state index contributed by atoms with van der Waals surface area (Å²) in [4.78, 5) is 2.27. The first-order chi connectivity index (χ1) is 4.39. The number of hydrogen-bond donors (Lipinski definition) is 0. The molecule has 0 atom stereocenters. The zero-order valence-corrected chi connectivity index (χ0v) is 8.55. The molecule has 1 aliphatic heterocycles. The molecule has 0 aromatic carbocycles. The van der Waals surface area contributed by atoms with Crippen LogP contribution in [0.25, 0.3) is 0 Å². The lowest BCUT2D eigenvalue weighted by Gasteiger charge is -2.21. The van der Waals surface area contributed by atoms with Gasteiger partial charge in [0, 0.05) is 13.1 Å². The van der Waals surface area contributed by atoms with Gasteiger partial charge in [0.15, 0.2) is 0 Å². The molecule has 1 fully saturated rings. The second kappa shape index (κ2) is 12.9. The molecule has 0 aromatic heterocycles. The van der Waals surface area contributed by atoms with Crippen molar-refractivity contribution < 1.29 is 4.74 Å². The van der Waals surface area contributed by atoms with Gasteiger partial charge in [-0.15, -0.1) is 38.0 Å². The van der Waals surface area contributed by atoms with E-state index >= 15 is 0 Å². The molecular weight excluding hydrogens is 185 g/mol. The Morgan fingerprint density at radius 1 is 1.09 bits per heavy atom. The zero-order chi connectivity index (χ0) is 7.11. The fourth-order valence-electron chi connectivity index (χ4n) is 0.655. The molecule has 11 heavy (non-hydrogen) atoms. The standard InChI is InChI=1S/C5H11NO.C2H4.2ClH/c1-6-2-4-7-5-3-6;1-2;;/h2-5H2,1H3;1-2H2;2*1H. The van der Waals surface area contributed by atoms with Crippen molar-refractivity contribution in [1.82, 2.24) is 4.90 Å². The van der Waals surface area contributed by atoms with E-state index in [1.54, 1.807) is 0 Å². The van der Waals surface area contributed by atoms with Crippen LogP contribution in [0.2, 0.25) is 0 Å². The van der Waals surface area contributed by atoms with Gasteiger partial charge in [0.1, 0.15) is 0 Å². The average Bonchev–Trinajstić information content (AvgIpc) is 1.94. The molecule has 1 rings (SSSR count). The molecule has 0 N–H and O–H groups in total. The van der Waals surface area contributed by atoms with Gasteiger partial charge in [-0.25, -0.2) is 0 Å². The number of likely N-dealkylation sites (N-methyl/N-ethyl adjacent to an activating group) is 1. The molecule has 0 spiro atoms. The van der Waals surface area contributed by atoms with E-state index in [1.807, 2.05) is 0 Å². The lowest BCUT2D eigenvalue weighted by atomic mass is 10.5. The maximum atomic E-state index is 5.10. The fraction of sp³-hybridized carbons (Fsp3) is 0.714. The topological polar surface area (TPSA) is 12.5 Å². The van der Waals surface area contributed by atoms with Crippen LogP contribution in [-0.2, 0) is 4.74 Å². The van der Waals surface area contributed by atoms with E-state index in [9.17, 15) is 0 Å². The van der Waals surface area contributed by atoms with Gasteiger partial charge < -0.3 is 9.64 Å². The van der Waals surface area contributed by atoms with Gasteiger partial charge in [-0.05, 0) is 7.05 Å². The number of morpholine rings is 1. The first kappa shape index (κ1) is 17.4. The molecule has 0 aliphatic carbocycles. The summed E-state index contributed by atoms with van der Waals surface area (Å²) >= 11 is 0. The van der Waals surface area contributed by atoms with Crippen molar-refractivity contribution in [2.45, 2.75) is 0 Å². The van der Waals surface area contributed by atoms with Crippen LogP contribution in [0.4, 0.5) is 0 Å². The van der Waals surface area contributed by atoms with E-state index in [-0.39, 0.29) is 24.8 Å². The average molecular weight is 202 g/mol. The Hall–Kier alpha value is 0.240. The van der Waals surface area contributed by atoms with E-state index in [2.05, 4.69) is 25.1 Å². The second-order valence-corrected chi connectivity index (χ2v) is 1.92.